The summed E-state index contributed by atoms with van der Waals surface area (Å²) in [7, 11) is 0. The van der Waals surface area contributed by atoms with Crippen LogP contribution in [-0.2, 0) is 16.4 Å². The molecule has 2 unspecified atom stereocenters. The topological polar surface area (TPSA) is 61.4 Å². The van der Waals surface area contributed by atoms with Gasteiger partial charge in [0.2, 0.25) is 5.91 Å². The molecule has 0 radical (unpaired) electrons. The van der Waals surface area contributed by atoms with E-state index in [-0.39, 0.29) is 17.9 Å². The van der Waals surface area contributed by atoms with Gasteiger partial charge in [0, 0.05) is 30.6 Å². The summed E-state index contributed by atoms with van der Waals surface area (Å²) in [6.07, 6.45) is -0.213. The normalized spacial score (nSPS) is 21.1. The van der Waals surface area contributed by atoms with Crippen LogP contribution in [0.25, 0.3) is 16.7 Å². The predicted octanol–water partition coefficient (Wildman–Crippen LogP) is 7.94. The first-order chi connectivity index (χ1) is 23.4. The van der Waals surface area contributed by atoms with Crippen molar-refractivity contribution in [3.05, 3.63) is 113 Å². The summed E-state index contributed by atoms with van der Waals surface area (Å²) in [6.45, 7) is 0.639. The number of carbonyl (C=O) groups excluding carboxylic acids is 2. The summed E-state index contributed by atoms with van der Waals surface area (Å²) >= 11 is 0. The van der Waals surface area contributed by atoms with E-state index in [9.17, 15) is 35.9 Å². The number of nitrogens with zero attached hydrogens (tertiary/aromatic N) is 1. The quantitative estimate of drug-likeness (QED) is 0.226. The van der Waals surface area contributed by atoms with Crippen molar-refractivity contribution < 1.29 is 35.9 Å². The van der Waals surface area contributed by atoms with Crippen LogP contribution >= 0.6 is 0 Å². The van der Waals surface area contributed by atoms with E-state index < -0.39 is 35.8 Å². The lowest BCUT2D eigenvalue weighted by molar-refractivity contribution is -0.143. The Kier molecular flexibility index (Phi) is 9.75. The van der Waals surface area contributed by atoms with E-state index in [0.29, 0.717) is 68.4 Å². The first kappa shape index (κ1) is 34.5. The number of carbonyl (C=O) groups is 2. The minimum absolute atomic E-state index is 0.104. The lowest BCUT2D eigenvalue weighted by Crippen LogP contribution is -2.50. The zero-order valence-electron chi connectivity index (χ0n) is 26.7. The van der Waals surface area contributed by atoms with E-state index in [2.05, 4.69) is 15.5 Å². The number of benzene rings is 3. The monoisotopic (exact) mass is 681 g/mol. The molecule has 3 aromatic rings. The second kappa shape index (κ2) is 13.9. The van der Waals surface area contributed by atoms with Gasteiger partial charge in [-0.1, -0.05) is 72.8 Å². The molecular weight excluding hydrogens is 644 g/mol. The smallest absolute Gasteiger partial charge is 0.349 e. The third-order valence-corrected chi connectivity index (χ3v) is 9.99. The summed E-state index contributed by atoms with van der Waals surface area (Å²) < 4.78 is 78.8. The molecule has 1 heterocycles. The van der Waals surface area contributed by atoms with Gasteiger partial charge in [-0.05, 0) is 84.7 Å². The fraction of sp³-hybridized carbons (Fsp3) is 0.368. The molecule has 2 aliphatic carbocycles. The van der Waals surface area contributed by atoms with Crippen molar-refractivity contribution in [2.75, 3.05) is 26.2 Å². The summed E-state index contributed by atoms with van der Waals surface area (Å²) in [5.41, 5.74) is 2.21. The maximum atomic E-state index is 13.8. The molecule has 0 saturated carbocycles. The predicted molar refractivity (Wildman–Crippen MR) is 175 cm³/mol. The lowest BCUT2D eigenvalue weighted by atomic mass is 9.68. The minimum atomic E-state index is -4.52. The molecule has 0 spiro atoms. The molecule has 258 valence electrons. The fourth-order valence-corrected chi connectivity index (χ4v) is 7.64. The van der Waals surface area contributed by atoms with Gasteiger partial charge in [0.1, 0.15) is 6.54 Å². The summed E-state index contributed by atoms with van der Waals surface area (Å²) in [6, 6.07) is 19.0. The number of allylic oxidation sites excluding steroid dienone is 4. The van der Waals surface area contributed by atoms with Crippen LogP contribution in [0, 0.1) is 5.92 Å². The highest BCUT2D eigenvalue weighted by Crippen LogP contribution is 2.55. The molecule has 1 aliphatic heterocycles. The molecule has 5 nitrogen and oxygen atoms in total. The Labute approximate surface area is 281 Å². The van der Waals surface area contributed by atoms with E-state index in [1.54, 1.807) is 24.3 Å². The van der Waals surface area contributed by atoms with Crippen molar-refractivity contribution in [2.45, 2.75) is 55.9 Å². The number of amides is 2. The second-order valence-corrected chi connectivity index (χ2v) is 13.0. The Morgan fingerprint density at radius 3 is 2.22 bits per heavy atom. The van der Waals surface area contributed by atoms with E-state index in [0.717, 1.165) is 28.8 Å². The molecule has 6 rings (SSSR count). The maximum Gasteiger partial charge on any atom is 0.416 e. The molecule has 1 saturated heterocycles. The number of hydrogen-bond donors (Lipinski definition) is 2. The SMILES string of the molecule is O=C(NC1CCN(CCCC2(C(=O)NCC(F)(F)F)c3ccccc3C3=CC=CCC32)CC1)c1ccccc1-c1ccc(C(F)(F)F)cc1. The van der Waals surface area contributed by atoms with Crippen molar-refractivity contribution in [1.29, 1.82) is 0 Å². The van der Waals surface area contributed by atoms with Crippen molar-refractivity contribution in [2.24, 2.45) is 5.92 Å². The number of likely N-dealkylation sites (tertiary alicyclic amines) is 1. The van der Waals surface area contributed by atoms with E-state index >= 15 is 0 Å². The van der Waals surface area contributed by atoms with Crippen molar-refractivity contribution >= 4 is 17.4 Å². The van der Waals surface area contributed by atoms with Gasteiger partial charge in [0.05, 0.1) is 11.0 Å². The third-order valence-electron chi connectivity index (χ3n) is 9.99. The summed E-state index contributed by atoms with van der Waals surface area (Å²) in [4.78, 5) is 29.4. The van der Waals surface area contributed by atoms with Gasteiger partial charge in [-0.15, -0.1) is 0 Å². The Morgan fingerprint density at radius 1 is 0.857 bits per heavy atom. The van der Waals surface area contributed by atoms with Crippen LogP contribution in [0.1, 0.15) is 59.2 Å². The van der Waals surface area contributed by atoms with Gasteiger partial charge < -0.3 is 15.5 Å². The molecule has 2 amide bonds. The Hall–Kier alpha value is -4.38. The molecule has 2 atom stereocenters. The van der Waals surface area contributed by atoms with Gasteiger partial charge in [-0.2, -0.15) is 26.3 Å². The van der Waals surface area contributed by atoms with Crippen LogP contribution in [0.15, 0.2) is 91.0 Å². The Balaban J connectivity index is 1.08. The highest BCUT2D eigenvalue weighted by molar-refractivity contribution is 6.01. The molecule has 49 heavy (non-hydrogen) atoms. The highest BCUT2D eigenvalue weighted by Gasteiger charge is 2.54. The zero-order valence-corrected chi connectivity index (χ0v) is 26.7. The van der Waals surface area contributed by atoms with Crippen LogP contribution in [0.2, 0.25) is 0 Å². The number of fused-ring (bicyclic) bond motifs is 3. The Morgan fingerprint density at radius 2 is 1.53 bits per heavy atom. The largest absolute Gasteiger partial charge is 0.416 e. The average molecular weight is 682 g/mol. The maximum absolute atomic E-state index is 13.8. The van der Waals surface area contributed by atoms with Crippen LogP contribution in [0.4, 0.5) is 26.3 Å². The number of alkyl halides is 6. The highest BCUT2D eigenvalue weighted by atomic mass is 19.4. The molecule has 0 aromatic heterocycles. The number of rotatable bonds is 9. The van der Waals surface area contributed by atoms with Crippen molar-refractivity contribution in [3.8, 4) is 11.1 Å². The van der Waals surface area contributed by atoms with E-state index in [1.165, 1.54) is 12.1 Å². The Bertz CT molecular complexity index is 1740. The van der Waals surface area contributed by atoms with Gasteiger partial charge in [0.15, 0.2) is 0 Å². The number of hydrogen-bond acceptors (Lipinski definition) is 3. The first-order valence-corrected chi connectivity index (χ1v) is 16.5. The molecule has 0 bridgehead atoms. The van der Waals surface area contributed by atoms with Gasteiger partial charge in [-0.3, -0.25) is 9.59 Å². The van der Waals surface area contributed by atoms with Gasteiger partial charge in [-0.25, -0.2) is 0 Å². The standard InChI is InChI=1S/C38H37F6N3O2/c39-37(40,41)24-45-35(49)36(32-12-5-3-9-29(32)30-10-4-6-13-33(30)36)20-7-21-47-22-18-27(19-23-47)46-34(48)31-11-2-1-8-28(31)25-14-16-26(17-15-25)38(42,43)44/h1-6,8-12,14-17,27,33H,7,13,18-24H2,(H,45,49)(H,46,48). The van der Waals surface area contributed by atoms with Crippen LogP contribution in [0.5, 0.6) is 0 Å². The average Bonchev–Trinajstić information content (AvgIpc) is 3.38. The lowest BCUT2D eigenvalue weighted by Gasteiger charge is -2.37. The third kappa shape index (κ3) is 7.32. The van der Waals surface area contributed by atoms with E-state index in [4.69, 9.17) is 0 Å². The zero-order chi connectivity index (χ0) is 34.8. The number of piperidine rings is 1. The second-order valence-electron chi connectivity index (χ2n) is 13.0. The first-order valence-electron chi connectivity index (χ1n) is 16.5. The van der Waals surface area contributed by atoms with E-state index in [1.807, 2.05) is 42.5 Å². The van der Waals surface area contributed by atoms with Crippen LogP contribution < -0.4 is 10.6 Å². The fourth-order valence-electron chi connectivity index (χ4n) is 7.64. The molecule has 3 aliphatic rings. The molecule has 1 fully saturated rings. The van der Waals surface area contributed by atoms with Gasteiger partial charge in [0.25, 0.3) is 5.91 Å². The van der Waals surface area contributed by atoms with Gasteiger partial charge >= 0.3 is 12.4 Å². The molecule has 11 heteroatoms. The van der Waals surface area contributed by atoms with Crippen LogP contribution in [0.3, 0.4) is 0 Å². The number of nitrogens with one attached hydrogen (secondary N) is 2. The molecule has 2 N–H and O–H groups in total. The number of halogens is 6. The molecule has 3 aromatic carbocycles. The minimum Gasteiger partial charge on any atom is -0.349 e. The van der Waals surface area contributed by atoms with Crippen molar-refractivity contribution in [3.63, 3.8) is 0 Å². The summed E-state index contributed by atoms with van der Waals surface area (Å²) in [5, 5.41) is 5.30. The van der Waals surface area contributed by atoms with Crippen molar-refractivity contribution in [1.82, 2.24) is 15.5 Å². The molecular formula is C38H37F6N3O2. The van der Waals surface area contributed by atoms with Crippen LogP contribution in [-0.4, -0.2) is 55.1 Å². The summed E-state index contributed by atoms with van der Waals surface area (Å²) in [5.74, 6) is -1.15.